The Balaban J connectivity index is 2.06. The maximum absolute atomic E-state index is 13.2. The van der Waals surface area contributed by atoms with E-state index >= 15 is 0 Å². The van der Waals surface area contributed by atoms with Gasteiger partial charge in [0.25, 0.3) is 0 Å². The van der Waals surface area contributed by atoms with E-state index in [1.165, 1.54) is 18.2 Å². The first-order chi connectivity index (χ1) is 7.56. The highest BCUT2D eigenvalue weighted by Gasteiger charge is 2.24. The molecule has 86 valence electrons. The van der Waals surface area contributed by atoms with Crippen LogP contribution >= 0.6 is 0 Å². The number of likely N-dealkylation sites (tertiary alicyclic amines) is 1. The number of nitrogens with zero attached hydrogens (tertiary/aromatic N) is 2. The minimum absolute atomic E-state index is 0.303. The Hall–Kier alpha value is -1.53. The van der Waals surface area contributed by atoms with Crippen molar-refractivity contribution in [2.24, 2.45) is 0 Å². The fourth-order valence-corrected chi connectivity index (χ4v) is 1.73. The first-order valence-corrected chi connectivity index (χ1v) is 4.89. The second kappa shape index (κ2) is 4.15. The number of benzene rings is 1. The molecule has 1 aromatic rings. The van der Waals surface area contributed by atoms with E-state index in [9.17, 15) is 14.5 Å². The largest absolute Gasteiger partial charge is 0.390 e. The fraction of sp³-hybridized carbons (Fsp3) is 0.400. The summed E-state index contributed by atoms with van der Waals surface area (Å²) in [6.07, 6.45) is -0.303. The van der Waals surface area contributed by atoms with Crippen LogP contribution in [0.25, 0.3) is 0 Å². The summed E-state index contributed by atoms with van der Waals surface area (Å²) >= 11 is 0. The second-order valence-electron chi connectivity index (χ2n) is 3.89. The van der Waals surface area contributed by atoms with Crippen LogP contribution in [0.15, 0.2) is 18.2 Å². The summed E-state index contributed by atoms with van der Waals surface area (Å²) in [5.74, 6) is -0.816. The van der Waals surface area contributed by atoms with E-state index in [1.54, 1.807) is 0 Å². The lowest BCUT2D eigenvalue weighted by molar-refractivity contribution is -0.387. The molecule has 1 fully saturated rings. The van der Waals surface area contributed by atoms with Gasteiger partial charge in [-0.2, -0.15) is 4.39 Å². The minimum atomic E-state index is -0.816. The van der Waals surface area contributed by atoms with Gasteiger partial charge in [-0.1, -0.05) is 6.07 Å². The molecule has 16 heavy (non-hydrogen) atoms. The van der Waals surface area contributed by atoms with Crippen LogP contribution in [0, 0.1) is 15.9 Å². The van der Waals surface area contributed by atoms with Gasteiger partial charge in [0, 0.05) is 25.7 Å². The topological polar surface area (TPSA) is 66.6 Å². The first kappa shape index (κ1) is 11.0. The standard InChI is InChI=1S/C10H11FN2O3/c11-9-3-7(1-2-10(9)13(15)16)4-12-5-8(14)6-12/h1-3,8,14H,4-6H2. The Labute approximate surface area is 91.3 Å². The van der Waals surface area contributed by atoms with Gasteiger partial charge in [0.05, 0.1) is 11.0 Å². The maximum Gasteiger partial charge on any atom is 0.304 e. The van der Waals surface area contributed by atoms with Crippen LogP contribution < -0.4 is 0 Å². The first-order valence-electron chi connectivity index (χ1n) is 4.89. The molecule has 2 rings (SSSR count). The van der Waals surface area contributed by atoms with E-state index in [4.69, 9.17) is 5.11 Å². The average Bonchev–Trinajstić information content (AvgIpc) is 2.15. The Kier molecular flexibility index (Phi) is 2.84. The Morgan fingerprint density at radius 1 is 1.56 bits per heavy atom. The lowest BCUT2D eigenvalue weighted by Crippen LogP contribution is -2.49. The third-order valence-electron chi connectivity index (χ3n) is 2.55. The van der Waals surface area contributed by atoms with Gasteiger partial charge in [-0.05, 0) is 11.6 Å². The number of aliphatic hydroxyl groups is 1. The van der Waals surface area contributed by atoms with Crippen molar-refractivity contribution in [3.05, 3.63) is 39.7 Å². The van der Waals surface area contributed by atoms with E-state index in [2.05, 4.69) is 0 Å². The van der Waals surface area contributed by atoms with Crippen molar-refractivity contribution in [2.45, 2.75) is 12.6 Å². The molecule has 0 unspecified atom stereocenters. The van der Waals surface area contributed by atoms with Crippen LogP contribution in [0.3, 0.4) is 0 Å². The van der Waals surface area contributed by atoms with Crippen molar-refractivity contribution in [1.82, 2.24) is 4.90 Å². The van der Waals surface area contributed by atoms with Crippen molar-refractivity contribution in [1.29, 1.82) is 0 Å². The van der Waals surface area contributed by atoms with Gasteiger partial charge in [-0.3, -0.25) is 15.0 Å². The van der Waals surface area contributed by atoms with Crippen molar-refractivity contribution in [3.63, 3.8) is 0 Å². The molecule has 6 heteroatoms. The predicted molar refractivity (Wildman–Crippen MR) is 54.3 cm³/mol. The average molecular weight is 226 g/mol. The number of halogens is 1. The molecule has 0 bridgehead atoms. The Morgan fingerprint density at radius 2 is 2.25 bits per heavy atom. The molecule has 1 N–H and O–H groups in total. The van der Waals surface area contributed by atoms with E-state index in [0.717, 1.165) is 0 Å². The summed E-state index contributed by atoms with van der Waals surface area (Å²) in [5, 5.41) is 19.5. The number of hydrogen-bond donors (Lipinski definition) is 1. The second-order valence-corrected chi connectivity index (χ2v) is 3.89. The van der Waals surface area contributed by atoms with Crippen LogP contribution in [0.5, 0.6) is 0 Å². The normalized spacial score (nSPS) is 17.1. The highest BCUT2D eigenvalue weighted by molar-refractivity contribution is 5.35. The van der Waals surface area contributed by atoms with Gasteiger partial charge in [0.1, 0.15) is 0 Å². The number of rotatable bonds is 3. The van der Waals surface area contributed by atoms with Crippen LogP contribution in [0.2, 0.25) is 0 Å². The molecule has 1 aliphatic heterocycles. The van der Waals surface area contributed by atoms with Gasteiger partial charge < -0.3 is 5.11 Å². The zero-order valence-corrected chi connectivity index (χ0v) is 8.47. The lowest BCUT2D eigenvalue weighted by atomic mass is 10.1. The third-order valence-corrected chi connectivity index (χ3v) is 2.55. The van der Waals surface area contributed by atoms with Gasteiger partial charge in [-0.15, -0.1) is 0 Å². The van der Waals surface area contributed by atoms with Crippen molar-refractivity contribution >= 4 is 5.69 Å². The van der Waals surface area contributed by atoms with Crippen molar-refractivity contribution in [3.8, 4) is 0 Å². The molecule has 0 radical (unpaired) electrons. The molecular weight excluding hydrogens is 215 g/mol. The maximum atomic E-state index is 13.2. The molecule has 1 aliphatic rings. The van der Waals surface area contributed by atoms with E-state index in [-0.39, 0.29) is 6.10 Å². The third kappa shape index (κ3) is 2.17. The molecule has 1 aromatic carbocycles. The molecular formula is C10H11FN2O3. The molecule has 5 nitrogen and oxygen atoms in total. The smallest absolute Gasteiger partial charge is 0.304 e. The number of nitro benzene ring substituents is 1. The summed E-state index contributed by atoms with van der Waals surface area (Å²) in [7, 11) is 0. The van der Waals surface area contributed by atoms with Crippen LogP contribution in [0.1, 0.15) is 5.56 Å². The molecule has 0 spiro atoms. The van der Waals surface area contributed by atoms with E-state index < -0.39 is 16.4 Å². The summed E-state index contributed by atoms with van der Waals surface area (Å²) in [5.41, 5.74) is 0.169. The zero-order valence-electron chi connectivity index (χ0n) is 8.47. The predicted octanol–water partition coefficient (Wildman–Crippen LogP) is 0.910. The molecule has 0 atom stereocenters. The fourth-order valence-electron chi connectivity index (χ4n) is 1.73. The molecule has 0 saturated carbocycles. The Bertz CT molecular complexity index is 419. The van der Waals surface area contributed by atoms with Gasteiger partial charge in [0.15, 0.2) is 0 Å². The molecule has 0 aromatic heterocycles. The van der Waals surface area contributed by atoms with Crippen molar-refractivity contribution in [2.75, 3.05) is 13.1 Å². The number of hydrogen-bond acceptors (Lipinski definition) is 4. The molecule has 1 heterocycles. The monoisotopic (exact) mass is 226 g/mol. The zero-order chi connectivity index (χ0) is 11.7. The molecule has 0 aliphatic carbocycles. The molecule has 0 amide bonds. The SMILES string of the molecule is O=[N+]([O-])c1ccc(CN2CC(O)C2)cc1F. The van der Waals surface area contributed by atoms with Gasteiger partial charge in [-0.25, -0.2) is 0 Å². The quantitative estimate of drug-likeness (QED) is 0.614. The van der Waals surface area contributed by atoms with E-state index in [0.29, 0.717) is 25.2 Å². The molecule has 1 saturated heterocycles. The van der Waals surface area contributed by atoms with E-state index in [1.807, 2.05) is 4.90 Å². The van der Waals surface area contributed by atoms with Crippen LogP contribution in [-0.4, -0.2) is 34.1 Å². The highest BCUT2D eigenvalue weighted by Crippen LogP contribution is 2.20. The summed E-state index contributed by atoms with van der Waals surface area (Å²) < 4.78 is 13.2. The van der Waals surface area contributed by atoms with Crippen LogP contribution in [-0.2, 0) is 6.54 Å². The number of nitro groups is 1. The summed E-state index contributed by atoms with van der Waals surface area (Å²) in [4.78, 5) is 11.6. The van der Waals surface area contributed by atoms with Crippen molar-refractivity contribution < 1.29 is 14.4 Å². The Morgan fingerprint density at radius 3 is 2.75 bits per heavy atom. The minimum Gasteiger partial charge on any atom is -0.390 e. The van der Waals surface area contributed by atoms with Crippen LogP contribution in [0.4, 0.5) is 10.1 Å². The van der Waals surface area contributed by atoms with Gasteiger partial charge in [0.2, 0.25) is 5.82 Å². The summed E-state index contributed by atoms with van der Waals surface area (Å²) in [6, 6.07) is 3.87. The number of β-amino-alcohol motifs (C(OH)–C–C–N with tert-alkyl or cyclic N) is 1. The highest BCUT2D eigenvalue weighted by atomic mass is 19.1. The summed E-state index contributed by atoms with van der Waals surface area (Å²) in [6.45, 7) is 1.64. The lowest BCUT2D eigenvalue weighted by Gasteiger charge is -2.35. The van der Waals surface area contributed by atoms with Gasteiger partial charge >= 0.3 is 5.69 Å². The number of aliphatic hydroxyl groups excluding tert-OH is 1.